The minimum Gasteiger partial charge on any atom is -0.355 e. The van der Waals surface area contributed by atoms with E-state index in [4.69, 9.17) is 0 Å². The normalized spacial score (nSPS) is 16.2. The highest BCUT2D eigenvalue weighted by Crippen LogP contribution is 2.43. The Balaban J connectivity index is 1.65. The molecule has 110 valence electrons. The molecule has 1 fully saturated rings. The highest BCUT2D eigenvalue weighted by Gasteiger charge is 2.45. The lowest BCUT2D eigenvalue weighted by molar-refractivity contribution is -0.129. The van der Waals surface area contributed by atoms with Crippen molar-refractivity contribution < 1.29 is 9.18 Å². The summed E-state index contributed by atoms with van der Waals surface area (Å²) in [4.78, 5) is 13.8. The van der Waals surface area contributed by atoms with Crippen molar-refractivity contribution in [3.63, 3.8) is 0 Å². The van der Waals surface area contributed by atoms with E-state index in [0.29, 0.717) is 6.54 Å². The first-order valence-electron chi connectivity index (χ1n) is 7.27. The van der Waals surface area contributed by atoms with Gasteiger partial charge in [0.15, 0.2) is 0 Å². The number of rotatable bonds is 5. The molecule has 2 nitrogen and oxygen atoms in total. The Hall–Kier alpha value is -1.68. The molecule has 0 atom stereocenters. The van der Waals surface area contributed by atoms with Crippen molar-refractivity contribution in [1.29, 1.82) is 0 Å². The average molecular weight is 303 g/mol. The number of hydrogen-bond acceptors (Lipinski definition) is 2. The van der Waals surface area contributed by atoms with Crippen molar-refractivity contribution in [2.24, 2.45) is 0 Å². The summed E-state index contributed by atoms with van der Waals surface area (Å²) in [5.41, 5.74) is 0.493. The molecule has 1 saturated carbocycles. The van der Waals surface area contributed by atoms with E-state index in [2.05, 4.69) is 11.4 Å². The van der Waals surface area contributed by atoms with E-state index < -0.39 is 5.41 Å². The molecule has 21 heavy (non-hydrogen) atoms. The standard InChI is InChI=1S/C17H18FNOS/c18-14-6-4-13(5-7-14)17(9-2-10-17)16(20)19-11-8-15-3-1-12-21-15/h1,3-7,12H,2,8-11H2,(H,19,20). The van der Waals surface area contributed by atoms with Gasteiger partial charge in [0, 0.05) is 11.4 Å². The second-order valence-electron chi connectivity index (χ2n) is 5.53. The van der Waals surface area contributed by atoms with Gasteiger partial charge in [-0.15, -0.1) is 11.3 Å². The van der Waals surface area contributed by atoms with Crippen LogP contribution in [0.25, 0.3) is 0 Å². The molecule has 1 heterocycles. The van der Waals surface area contributed by atoms with Gasteiger partial charge >= 0.3 is 0 Å². The number of nitrogens with one attached hydrogen (secondary N) is 1. The molecule has 0 saturated heterocycles. The topological polar surface area (TPSA) is 29.1 Å². The SMILES string of the molecule is O=C(NCCc1cccs1)C1(c2ccc(F)cc2)CCC1. The van der Waals surface area contributed by atoms with Gasteiger partial charge in [-0.05, 0) is 48.4 Å². The second kappa shape index (κ2) is 5.98. The minimum absolute atomic E-state index is 0.0805. The van der Waals surface area contributed by atoms with E-state index in [1.54, 1.807) is 23.5 Å². The minimum atomic E-state index is -0.441. The summed E-state index contributed by atoms with van der Waals surface area (Å²) in [6, 6.07) is 10.5. The second-order valence-corrected chi connectivity index (χ2v) is 6.56. The smallest absolute Gasteiger partial charge is 0.230 e. The molecule has 1 amide bonds. The van der Waals surface area contributed by atoms with E-state index in [-0.39, 0.29) is 11.7 Å². The predicted molar refractivity (Wildman–Crippen MR) is 83.0 cm³/mol. The maximum Gasteiger partial charge on any atom is 0.230 e. The number of benzene rings is 1. The van der Waals surface area contributed by atoms with Gasteiger partial charge in [0.25, 0.3) is 0 Å². The van der Waals surface area contributed by atoms with Crippen LogP contribution in [-0.4, -0.2) is 12.5 Å². The van der Waals surface area contributed by atoms with Crippen molar-refractivity contribution in [2.45, 2.75) is 31.1 Å². The predicted octanol–water partition coefficient (Wildman–Crippen LogP) is 3.67. The van der Waals surface area contributed by atoms with Crippen LogP contribution in [0.3, 0.4) is 0 Å². The first-order valence-corrected chi connectivity index (χ1v) is 8.15. The fourth-order valence-electron chi connectivity index (χ4n) is 2.87. The Morgan fingerprint density at radius 2 is 2.00 bits per heavy atom. The number of hydrogen-bond donors (Lipinski definition) is 1. The molecular weight excluding hydrogens is 285 g/mol. The van der Waals surface area contributed by atoms with Crippen LogP contribution in [0.2, 0.25) is 0 Å². The van der Waals surface area contributed by atoms with Gasteiger partial charge in [0.05, 0.1) is 5.41 Å². The summed E-state index contributed by atoms with van der Waals surface area (Å²) in [5.74, 6) is -0.178. The zero-order valence-electron chi connectivity index (χ0n) is 11.8. The summed E-state index contributed by atoms with van der Waals surface area (Å²) in [6.45, 7) is 0.655. The van der Waals surface area contributed by atoms with E-state index in [0.717, 1.165) is 31.2 Å². The third-order valence-corrected chi connectivity index (χ3v) is 5.21. The quantitative estimate of drug-likeness (QED) is 0.897. The Bertz CT molecular complexity index is 602. The zero-order valence-corrected chi connectivity index (χ0v) is 12.6. The molecule has 4 heteroatoms. The van der Waals surface area contributed by atoms with Crippen LogP contribution in [0.4, 0.5) is 4.39 Å². The first-order chi connectivity index (χ1) is 10.2. The Labute approximate surface area is 128 Å². The highest BCUT2D eigenvalue weighted by molar-refractivity contribution is 7.09. The van der Waals surface area contributed by atoms with Gasteiger partial charge in [-0.1, -0.05) is 24.6 Å². The molecule has 1 aromatic carbocycles. The number of carbonyl (C=O) groups excluding carboxylic acids is 1. The largest absolute Gasteiger partial charge is 0.355 e. The van der Waals surface area contributed by atoms with Crippen LogP contribution in [0.15, 0.2) is 41.8 Å². The van der Waals surface area contributed by atoms with Crippen molar-refractivity contribution in [3.05, 3.63) is 58.0 Å². The summed E-state index contributed by atoms with van der Waals surface area (Å²) < 4.78 is 13.1. The molecular formula is C17H18FNOS. The molecule has 3 rings (SSSR count). The molecule has 0 aliphatic heterocycles. The van der Waals surface area contributed by atoms with Crippen molar-refractivity contribution in [1.82, 2.24) is 5.32 Å². The summed E-state index contributed by atoms with van der Waals surface area (Å²) in [5, 5.41) is 5.10. The van der Waals surface area contributed by atoms with E-state index in [9.17, 15) is 9.18 Å². The van der Waals surface area contributed by atoms with Crippen LogP contribution >= 0.6 is 11.3 Å². The molecule has 2 aromatic rings. The van der Waals surface area contributed by atoms with Crippen molar-refractivity contribution in [2.75, 3.05) is 6.54 Å². The summed E-state index contributed by atoms with van der Waals surface area (Å²) in [7, 11) is 0. The van der Waals surface area contributed by atoms with Gasteiger partial charge in [0.1, 0.15) is 5.82 Å². The van der Waals surface area contributed by atoms with Crippen LogP contribution in [-0.2, 0) is 16.6 Å². The van der Waals surface area contributed by atoms with Gasteiger partial charge in [-0.25, -0.2) is 4.39 Å². The molecule has 1 aromatic heterocycles. The van der Waals surface area contributed by atoms with E-state index in [1.807, 2.05) is 11.4 Å². The van der Waals surface area contributed by atoms with Crippen LogP contribution in [0.1, 0.15) is 29.7 Å². The van der Waals surface area contributed by atoms with Crippen LogP contribution in [0, 0.1) is 5.82 Å². The molecule has 0 unspecified atom stereocenters. The number of amides is 1. The van der Waals surface area contributed by atoms with Crippen LogP contribution < -0.4 is 5.32 Å². The number of halogens is 1. The van der Waals surface area contributed by atoms with E-state index >= 15 is 0 Å². The molecule has 0 bridgehead atoms. The maximum absolute atomic E-state index is 13.1. The van der Waals surface area contributed by atoms with Crippen molar-refractivity contribution in [3.8, 4) is 0 Å². The highest BCUT2D eigenvalue weighted by atomic mass is 32.1. The Kier molecular flexibility index (Phi) is 4.06. The van der Waals surface area contributed by atoms with Crippen molar-refractivity contribution >= 4 is 17.2 Å². The summed E-state index contributed by atoms with van der Waals surface area (Å²) in [6.07, 6.45) is 3.62. The lowest BCUT2D eigenvalue weighted by Crippen LogP contribution is -2.49. The van der Waals surface area contributed by atoms with Gasteiger partial charge in [0.2, 0.25) is 5.91 Å². The monoisotopic (exact) mass is 303 g/mol. The molecule has 0 radical (unpaired) electrons. The van der Waals surface area contributed by atoms with E-state index in [1.165, 1.54) is 17.0 Å². The summed E-state index contributed by atoms with van der Waals surface area (Å²) >= 11 is 1.71. The molecule has 1 N–H and O–H groups in total. The fraction of sp³-hybridized carbons (Fsp3) is 0.353. The fourth-order valence-corrected chi connectivity index (χ4v) is 3.58. The third kappa shape index (κ3) is 2.86. The third-order valence-electron chi connectivity index (χ3n) is 4.28. The Morgan fingerprint density at radius 3 is 2.57 bits per heavy atom. The lowest BCUT2D eigenvalue weighted by atomic mass is 9.64. The first kappa shape index (κ1) is 14.3. The maximum atomic E-state index is 13.1. The van der Waals surface area contributed by atoms with Crippen LogP contribution in [0.5, 0.6) is 0 Å². The Morgan fingerprint density at radius 1 is 1.24 bits per heavy atom. The molecule has 1 aliphatic rings. The number of carbonyl (C=O) groups is 1. The lowest BCUT2D eigenvalue weighted by Gasteiger charge is -2.40. The molecule has 1 aliphatic carbocycles. The average Bonchev–Trinajstić information content (AvgIpc) is 2.93. The zero-order chi connectivity index (χ0) is 14.7. The molecule has 0 spiro atoms. The number of thiophene rings is 1. The van der Waals surface area contributed by atoms with Gasteiger partial charge in [-0.3, -0.25) is 4.79 Å². The van der Waals surface area contributed by atoms with Gasteiger partial charge < -0.3 is 5.32 Å². The van der Waals surface area contributed by atoms with Gasteiger partial charge in [-0.2, -0.15) is 0 Å².